The highest BCUT2D eigenvalue weighted by Gasteiger charge is 2.24. The monoisotopic (exact) mass is 462 g/mol. The number of ether oxygens (including phenoxy) is 1. The number of rotatable bonds is 7. The van der Waals surface area contributed by atoms with Gasteiger partial charge in [0.15, 0.2) is 0 Å². The Hall–Kier alpha value is -2.96. The summed E-state index contributed by atoms with van der Waals surface area (Å²) in [5, 5.41) is 3.06. The van der Waals surface area contributed by atoms with Gasteiger partial charge in [0, 0.05) is 41.6 Å². The molecule has 1 saturated heterocycles. The van der Waals surface area contributed by atoms with Crippen LogP contribution >= 0.6 is 0 Å². The van der Waals surface area contributed by atoms with E-state index in [9.17, 15) is 9.00 Å². The van der Waals surface area contributed by atoms with Gasteiger partial charge in [-0.15, -0.1) is 0 Å². The molecule has 1 amide bonds. The van der Waals surface area contributed by atoms with Crippen LogP contribution in [0.1, 0.15) is 35.6 Å². The number of hydrogen-bond donors (Lipinski definition) is 1. The fourth-order valence-corrected chi connectivity index (χ4v) is 4.70. The summed E-state index contributed by atoms with van der Waals surface area (Å²) >= 11 is 0. The zero-order valence-electron chi connectivity index (χ0n) is 18.9. The summed E-state index contributed by atoms with van der Waals surface area (Å²) in [5.74, 6) is 0. The summed E-state index contributed by atoms with van der Waals surface area (Å²) in [6.07, 6.45) is 2.85. The van der Waals surface area contributed by atoms with Crippen molar-refractivity contribution in [1.82, 2.24) is 10.2 Å². The Morgan fingerprint density at radius 1 is 0.939 bits per heavy atom. The second-order valence-corrected chi connectivity index (χ2v) is 9.76. The maximum Gasteiger partial charge on any atom is 0.408 e. The van der Waals surface area contributed by atoms with Crippen LogP contribution in [0.2, 0.25) is 0 Å². The average molecular weight is 463 g/mol. The van der Waals surface area contributed by atoms with E-state index in [4.69, 9.17) is 4.74 Å². The van der Waals surface area contributed by atoms with Crippen molar-refractivity contribution in [2.24, 2.45) is 0 Å². The maximum absolute atomic E-state index is 12.8. The van der Waals surface area contributed by atoms with Gasteiger partial charge < -0.3 is 10.1 Å². The number of benzene rings is 3. The van der Waals surface area contributed by atoms with Crippen LogP contribution in [-0.4, -0.2) is 40.7 Å². The van der Waals surface area contributed by atoms with Gasteiger partial charge in [-0.2, -0.15) is 0 Å². The lowest BCUT2D eigenvalue weighted by atomic mass is 9.99. The van der Waals surface area contributed by atoms with Gasteiger partial charge in [-0.1, -0.05) is 72.8 Å². The highest BCUT2D eigenvalue weighted by Crippen LogP contribution is 2.23. The summed E-state index contributed by atoms with van der Waals surface area (Å²) in [7, 11) is -0.952. The van der Waals surface area contributed by atoms with Gasteiger partial charge in [0.2, 0.25) is 0 Å². The summed E-state index contributed by atoms with van der Waals surface area (Å²) in [6, 6.07) is 27.6. The number of hydrogen-bond acceptors (Lipinski definition) is 4. The van der Waals surface area contributed by atoms with E-state index in [-0.39, 0.29) is 18.2 Å². The molecule has 33 heavy (non-hydrogen) atoms. The molecule has 5 nitrogen and oxygen atoms in total. The van der Waals surface area contributed by atoms with Crippen molar-refractivity contribution in [2.45, 2.75) is 36.4 Å². The summed E-state index contributed by atoms with van der Waals surface area (Å²) < 4.78 is 17.3. The lowest BCUT2D eigenvalue weighted by Crippen LogP contribution is -2.40. The molecule has 1 fully saturated rings. The van der Waals surface area contributed by atoms with Crippen LogP contribution in [0.5, 0.6) is 0 Å². The smallest absolute Gasteiger partial charge is 0.408 e. The molecule has 1 aliphatic rings. The van der Waals surface area contributed by atoms with Crippen LogP contribution in [0.3, 0.4) is 0 Å². The van der Waals surface area contributed by atoms with Crippen LogP contribution in [0.25, 0.3) is 0 Å². The molecule has 0 radical (unpaired) electrons. The topological polar surface area (TPSA) is 58.6 Å². The number of carbonyl (C=O) groups excluding carboxylic acids is 1. The molecular formula is C27H30N2O3S. The Bertz CT molecular complexity index is 1010. The van der Waals surface area contributed by atoms with E-state index in [1.807, 2.05) is 84.9 Å². The lowest BCUT2D eigenvalue weighted by molar-refractivity contribution is 0.0476. The summed E-state index contributed by atoms with van der Waals surface area (Å²) in [4.78, 5) is 16.0. The van der Waals surface area contributed by atoms with E-state index in [2.05, 4.69) is 10.2 Å². The van der Waals surface area contributed by atoms with Crippen molar-refractivity contribution in [2.75, 3.05) is 19.3 Å². The molecular weight excluding hydrogens is 432 g/mol. The first kappa shape index (κ1) is 23.2. The van der Waals surface area contributed by atoms with Crippen LogP contribution in [-0.2, 0) is 22.1 Å². The van der Waals surface area contributed by atoms with Crippen molar-refractivity contribution in [1.29, 1.82) is 0 Å². The van der Waals surface area contributed by atoms with Crippen LogP contribution in [0.4, 0.5) is 4.79 Å². The van der Waals surface area contributed by atoms with Crippen molar-refractivity contribution in [3.05, 3.63) is 102 Å². The molecule has 0 spiro atoms. The zero-order valence-corrected chi connectivity index (χ0v) is 19.7. The maximum atomic E-state index is 12.8. The molecule has 0 aliphatic carbocycles. The van der Waals surface area contributed by atoms with E-state index >= 15 is 0 Å². The van der Waals surface area contributed by atoms with Gasteiger partial charge in [0.25, 0.3) is 0 Å². The minimum Gasteiger partial charge on any atom is -0.446 e. The number of piperidine rings is 1. The highest BCUT2D eigenvalue weighted by molar-refractivity contribution is 7.84. The van der Waals surface area contributed by atoms with E-state index < -0.39 is 10.8 Å². The first-order valence-electron chi connectivity index (χ1n) is 11.3. The predicted octanol–water partition coefficient (Wildman–Crippen LogP) is 4.90. The van der Waals surface area contributed by atoms with Crippen molar-refractivity contribution >= 4 is 16.9 Å². The molecule has 1 unspecified atom stereocenters. The van der Waals surface area contributed by atoms with Gasteiger partial charge in [-0.05, 0) is 41.7 Å². The standard InChI is InChI=1S/C27H30N2O3S/c1-33(31)25-14-12-21(13-15-25)20-29-18-16-24(17-19-29)32-27(30)28-26(22-8-4-2-5-9-22)23-10-6-3-7-11-23/h2-15,24,26H,16-20H2,1H3,(H,28,30). The van der Waals surface area contributed by atoms with Crippen molar-refractivity contribution < 1.29 is 13.7 Å². The Kier molecular flexibility index (Phi) is 7.92. The molecule has 1 aliphatic heterocycles. The first-order chi connectivity index (χ1) is 16.1. The van der Waals surface area contributed by atoms with Crippen LogP contribution in [0, 0.1) is 0 Å². The molecule has 1 heterocycles. The molecule has 0 saturated carbocycles. The highest BCUT2D eigenvalue weighted by atomic mass is 32.2. The number of nitrogens with one attached hydrogen (secondary N) is 1. The Balaban J connectivity index is 1.29. The minimum atomic E-state index is -0.952. The fourth-order valence-electron chi connectivity index (χ4n) is 4.18. The zero-order chi connectivity index (χ0) is 23.0. The van der Waals surface area contributed by atoms with Crippen LogP contribution < -0.4 is 5.32 Å². The van der Waals surface area contributed by atoms with Crippen molar-refractivity contribution in [3.63, 3.8) is 0 Å². The number of nitrogens with zero attached hydrogens (tertiary/aromatic N) is 1. The third-order valence-electron chi connectivity index (χ3n) is 6.00. The Morgan fingerprint density at radius 3 is 2.00 bits per heavy atom. The predicted molar refractivity (Wildman–Crippen MR) is 131 cm³/mol. The normalized spacial score (nSPS) is 15.8. The molecule has 4 rings (SSSR count). The third-order valence-corrected chi connectivity index (χ3v) is 6.93. The average Bonchev–Trinajstić information content (AvgIpc) is 2.85. The molecule has 172 valence electrons. The van der Waals surface area contributed by atoms with E-state index in [1.165, 1.54) is 5.56 Å². The van der Waals surface area contributed by atoms with Gasteiger partial charge >= 0.3 is 6.09 Å². The van der Waals surface area contributed by atoms with Gasteiger partial charge in [0.05, 0.1) is 6.04 Å². The number of amides is 1. The van der Waals surface area contributed by atoms with Gasteiger partial charge in [-0.3, -0.25) is 9.11 Å². The molecule has 3 aromatic rings. The minimum absolute atomic E-state index is 0.0849. The van der Waals surface area contributed by atoms with Crippen molar-refractivity contribution in [3.8, 4) is 0 Å². The van der Waals surface area contributed by atoms with E-state index in [0.717, 1.165) is 48.5 Å². The third kappa shape index (κ3) is 6.53. The Morgan fingerprint density at radius 2 is 1.48 bits per heavy atom. The summed E-state index contributed by atoms with van der Waals surface area (Å²) in [5.41, 5.74) is 3.25. The SMILES string of the molecule is CS(=O)c1ccc(CN2CCC(OC(=O)NC(c3ccccc3)c3ccccc3)CC2)cc1. The molecule has 0 aromatic heterocycles. The van der Waals surface area contributed by atoms with E-state index in [1.54, 1.807) is 6.26 Å². The first-order valence-corrected chi connectivity index (χ1v) is 12.9. The number of carbonyl (C=O) groups is 1. The quantitative estimate of drug-likeness (QED) is 0.542. The largest absolute Gasteiger partial charge is 0.446 e. The fraction of sp³-hybridized carbons (Fsp3) is 0.296. The summed E-state index contributed by atoms with van der Waals surface area (Å²) in [6.45, 7) is 2.60. The molecule has 1 N–H and O–H groups in total. The molecule has 3 aromatic carbocycles. The van der Waals surface area contributed by atoms with Gasteiger partial charge in [-0.25, -0.2) is 4.79 Å². The number of likely N-dealkylation sites (tertiary alicyclic amines) is 1. The van der Waals surface area contributed by atoms with Crippen LogP contribution in [0.15, 0.2) is 89.8 Å². The molecule has 1 atom stereocenters. The Labute approximate surface area is 198 Å². The second kappa shape index (κ2) is 11.3. The second-order valence-electron chi connectivity index (χ2n) is 8.38. The van der Waals surface area contributed by atoms with E-state index in [0.29, 0.717) is 0 Å². The van der Waals surface area contributed by atoms with Gasteiger partial charge in [0.1, 0.15) is 6.10 Å². The molecule has 6 heteroatoms. The number of alkyl carbamates (subject to hydrolysis) is 1. The molecule has 0 bridgehead atoms. The lowest BCUT2D eigenvalue weighted by Gasteiger charge is -2.32.